The molecule has 29 heavy (non-hydrogen) atoms. The van der Waals surface area contributed by atoms with Crippen LogP contribution >= 0.6 is 31.9 Å². The van der Waals surface area contributed by atoms with E-state index in [4.69, 9.17) is 4.52 Å². The molecule has 0 spiro atoms. The summed E-state index contributed by atoms with van der Waals surface area (Å²) >= 11 is 6.86. The molecular formula is C21H20Br2N4O2. The van der Waals surface area contributed by atoms with Gasteiger partial charge in [-0.3, -0.25) is 9.69 Å². The number of halogens is 2. The first kappa shape index (κ1) is 20.3. The van der Waals surface area contributed by atoms with E-state index >= 15 is 0 Å². The Balaban J connectivity index is 1.36. The summed E-state index contributed by atoms with van der Waals surface area (Å²) in [7, 11) is 0. The molecule has 4 rings (SSSR count). The minimum Gasteiger partial charge on any atom is -0.338 e. The Kier molecular flexibility index (Phi) is 6.42. The van der Waals surface area contributed by atoms with Gasteiger partial charge >= 0.3 is 0 Å². The topological polar surface area (TPSA) is 71.3 Å². The highest BCUT2D eigenvalue weighted by molar-refractivity contribution is 9.10. The van der Waals surface area contributed by atoms with E-state index in [9.17, 15) is 4.79 Å². The van der Waals surface area contributed by atoms with Crippen molar-refractivity contribution in [1.82, 2.24) is 15.0 Å². The normalized spacial score (nSPS) is 17.2. The Hall–Kier alpha value is -2.03. The van der Waals surface area contributed by atoms with Crippen LogP contribution in [0.2, 0.25) is 0 Å². The van der Waals surface area contributed by atoms with Crippen molar-refractivity contribution in [2.45, 2.75) is 19.4 Å². The second-order valence-electron chi connectivity index (χ2n) is 7.09. The zero-order valence-corrected chi connectivity index (χ0v) is 18.8. The SMILES string of the molecule is O=C(Nc1ccc(Br)cc1)C1CCCN(Cc2nc(-c3cccc(Br)c3)no2)C1. The molecule has 0 radical (unpaired) electrons. The van der Waals surface area contributed by atoms with Gasteiger partial charge in [0.05, 0.1) is 12.5 Å². The molecule has 1 saturated heterocycles. The van der Waals surface area contributed by atoms with Gasteiger partial charge < -0.3 is 9.84 Å². The summed E-state index contributed by atoms with van der Waals surface area (Å²) in [6.07, 6.45) is 1.84. The number of carbonyl (C=O) groups is 1. The van der Waals surface area contributed by atoms with Crippen LogP contribution in [0.1, 0.15) is 18.7 Å². The average Bonchev–Trinajstić information content (AvgIpc) is 3.18. The van der Waals surface area contributed by atoms with Gasteiger partial charge in [-0.25, -0.2) is 0 Å². The zero-order chi connectivity index (χ0) is 20.2. The number of likely N-dealkylation sites (tertiary alicyclic amines) is 1. The molecule has 2 aromatic carbocycles. The number of amides is 1. The Labute approximate surface area is 185 Å². The molecule has 1 N–H and O–H groups in total. The Morgan fingerprint density at radius 2 is 2.00 bits per heavy atom. The largest absolute Gasteiger partial charge is 0.338 e. The van der Waals surface area contributed by atoms with Crippen LogP contribution < -0.4 is 5.32 Å². The fourth-order valence-corrected chi connectivity index (χ4v) is 4.11. The molecule has 1 aromatic heterocycles. The number of hydrogen-bond acceptors (Lipinski definition) is 5. The molecule has 0 saturated carbocycles. The lowest BCUT2D eigenvalue weighted by atomic mass is 9.97. The lowest BCUT2D eigenvalue weighted by molar-refractivity contribution is -0.121. The fraction of sp³-hybridized carbons (Fsp3) is 0.286. The highest BCUT2D eigenvalue weighted by Crippen LogP contribution is 2.23. The standard InChI is InChI=1S/C21H20Br2N4O2/c22-16-6-8-18(9-7-16)24-21(28)15-4-2-10-27(12-15)13-19-25-20(26-29-19)14-3-1-5-17(23)11-14/h1,3,5-9,11,15H,2,4,10,12-13H2,(H,24,28). The molecule has 3 aromatic rings. The zero-order valence-electron chi connectivity index (χ0n) is 15.6. The number of anilines is 1. The monoisotopic (exact) mass is 518 g/mol. The van der Waals surface area contributed by atoms with Gasteiger partial charge in [-0.05, 0) is 55.8 Å². The maximum Gasteiger partial charge on any atom is 0.241 e. The predicted octanol–water partition coefficient (Wildman–Crippen LogP) is 5.11. The summed E-state index contributed by atoms with van der Waals surface area (Å²) in [5, 5.41) is 7.11. The quantitative estimate of drug-likeness (QED) is 0.507. The van der Waals surface area contributed by atoms with Gasteiger partial charge in [0, 0.05) is 26.7 Å². The number of nitrogens with one attached hydrogen (secondary N) is 1. The van der Waals surface area contributed by atoms with E-state index in [0.29, 0.717) is 24.8 Å². The van der Waals surface area contributed by atoms with Crippen LogP contribution in [0, 0.1) is 5.92 Å². The summed E-state index contributed by atoms with van der Waals surface area (Å²) in [6, 6.07) is 15.4. The van der Waals surface area contributed by atoms with E-state index in [1.54, 1.807) is 0 Å². The van der Waals surface area contributed by atoms with Gasteiger partial charge in [-0.1, -0.05) is 49.1 Å². The molecule has 0 bridgehead atoms. The van der Waals surface area contributed by atoms with Crippen molar-refractivity contribution >= 4 is 43.5 Å². The number of hydrogen-bond donors (Lipinski definition) is 1. The molecule has 1 amide bonds. The van der Waals surface area contributed by atoms with E-state index < -0.39 is 0 Å². The lowest BCUT2D eigenvalue weighted by Crippen LogP contribution is -2.40. The highest BCUT2D eigenvalue weighted by atomic mass is 79.9. The average molecular weight is 520 g/mol. The number of aromatic nitrogens is 2. The van der Waals surface area contributed by atoms with Gasteiger partial charge in [0.1, 0.15) is 0 Å². The number of rotatable bonds is 5. The van der Waals surface area contributed by atoms with E-state index in [2.05, 4.69) is 52.2 Å². The van der Waals surface area contributed by atoms with Crippen molar-refractivity contribution in [1.29, 1.82) is 0 Å². The summed E-state index contributed by atoms with van der Waals surface area (Å²) in [5.41, 5.74) is 1.71. The molecule has 6 nitrogen and oxygen atoms in total. The van der Waals surface area contributed by atoms with Crippen LogP contribution in [0.25, 0.3) is 11.4 Å². The lowest BCUT2D eigenvalue weighted by Gasteiger charge is -2.30. The minimum absolute atomic E-state index is 0.0531. The van der Waals surface area contributed by atoms with Gasteiger partial charge in [-0.2, -0.15) is 4.98 Å². The van der Waals surface area contributed by atoms with E-state index in [-0.39, 0.29) is 11.8 Å². The van der Waals surface area contributed by atoms with Crippen LogP contribution in [0.4, 0.5) is 5.69 Å². The first-order chi connectivity index (χ1) is 14.1. The highest BCUT2D eigenvalue weighted by Gasteiger charge is 2.27. The molecule has 1 aliphatic heterocycles. The van der Waals surface area contributed by atoms with Crippen LogP contribution in [-0.2, 0) is 11.3 Å². The summed E-state index contributed by atoms with van der Waals surface area (Å²) in [6.45, 7) is 2.14. The van der Waals surface area contributed by atoms with Crippen molar-refractivity contribution in [3.05, 3.63) is 63.4 Å². The minimum atomic E-state index is -0.0557. The smallest absolute Gasteiger partial charge is 0.241 e. The van der Waals surface area contributed by atoms with E-state index in [0.717, 1.165) is 39.6 Å². The number of piperidine rings is 1. The third-order valence-corrected chi connectivity index (χ3v) is 5.92. The van der Waals surface area contributed by atoms with Crippen LogP contribution in [-0.4, -0.2) is 34.0 Å². The molecule has 150 valence electrons. The maximum absolute atomic E-state index is 12.7. The third kappa shape index (κ3) is 5.32. The van der Waals surface area contributed by atoms with Gasteiger partial charge in [-0.15, -0.1) is 0 Å². The van der Waals surface area contributed by atoms with Crippen molar-refractivity contribution in [3.63, 3.8) is 0 Å². The number of carbonyl (C=O) groups excluding carboxylic acids is 1. The summed E-state index contributed by atoms with van der Waals surface area (Å²) < 4.78 is 7.40. The first-order valence-corrected chi connectivity index (χ1v) is 11.0. The molecule has 1 unspecified atom stereocenters. The molecule has 0 aliphatic carbocycles. The molecule has 2 heterocycles. The summed E-state index contributed by atoms with van der Waals surface area (Å²) in [4.78, 5) is 19.4. The molecular weight excluding hydrogens is 500 g/mol. The Morgan fingerprint density at radius 3 is 2.79 bits per heavy atom. The number of benzene rings is 2. The van der Waals surface area contributed by atoms with E-state index in [1.807, 2.05) is 48.5 Å². The second-order valence-corrected chi connectivity index (χ2v) is 8.92. The molecule has 1 fully saturated rings. The first-order valence-electron chi connectivity index (χ1n) is 9.44. The predicted molar refractivity (Wildman–Crippen MR) is 118 cm³/mol. The fourth-order valence-electron chi connectivity index (χ4n) is 3.45. The van der Waals surface area contributed by atoms with Crippen LogP contribution in [0.3, 0.4) is 0 Å². The third-order valence-electron chi connectivity index (χ3n) is 4.90. The van der Waals surface area contributed by atoms with Crippen LogP contribution in [0.15, 0.2) is 62.0 Å². The van der Waals surface area contributed by atoms with Crippen LogP contribution in [0.5, 0.6) is 0 Å². The Bertz CT molecular complexity index is 990. The summed E-state index contributed by atoms with van der Waals surface area (Å²) in [5.74, 6) is 1.13. The molecule has 1 atom stereocenters. The Morgan fingerprint density at radius 1 is 1.17 bits per heavy atom. The molecule has 8 heteroatoms. The van der Waals surface area contributed by atoms with E-state index in [1.165, 1.54) is 0 Å². The molecule has 1 aliphatic rings. The van der Waals surface area contributed by atoms with Crippen molar-refractivity contribution in [2.24, 2.45) is 5.92 Å². The maximum atomic E-state index is 12.7. The van der Waals surface area contributed by atoms with Crippen molar-refractivity contribution in [3.8, 4) is 11.4 Å². The van der Waals surface area contributed by atoms with Crippen molar-refractivity contribution in [2.75, 3.05) is 18.4 Å². The van der Waals surface area contributed by atoms with Gasteiger partial charge in [0.15, 0.2) is 0 Å². The number of nitrogens with zero attached hydrogens (tertiary/aromatic N) is 3. The van der Waals surface area contributed by atoms with Gasteiger partial charge in [0.2, 0.25) is 17.6 Å². The van der Waals surface area contributed by atoms with Crippen molar-refractivity contribution < 1.29 is 9.32 Å². The second kappa shape index (κ2) is 9.19. The van der Waals surface area contributed by atoms with Gasteiger partial charge in [0.25, 0.3) is 0 Å².